The summed E-state index contributed by atoms with van der Waals surface area (Å²) in [7, 11) is 0. The van der Waals surface area contributed by atoms with Crippen LogP contribution in [0.1, 0.15) is 40.0 Å². The highest BCUT2D eigenvalue weighted by molar-refractivity contribution is 5.82. The van der Waals surface area contributed by atoms with Crippen molar-refractivity contribution in [3.05, 3.63) is 0 Å². The zero-order chi connectivity index (χ0) is 12.0. The number of carboxylic acid groups (broad SMARTS) is 1. The van der Waals surface area contributed by atoms with Crippen LogP contribution in [0.25, 0.3) is 0 Å². The number of aliphatic hydroxyl groups is 1. The van der Waals surface area contributed by atoms with Gasteiger partial charge in [0.2, 0.25) is 12.1 Å². The maximum atomic E-state index is 11.6. The fourth-order valence-electron chi connectivity index (χ4n) is 1.28. The van der Waals surface area contributed by atoms with Crippen molar-refractivity contribution in [3.8, 4) is 0 Å². The maximum Gasteiger partial charge on any atom is 0.354 e. The molecule has 1 atom stereocenters. The van der Waals surface area contributed by atoms with E-state index in [4.69, 9.17) is 5.11 Å². The zero-order valence-electron chi connectivity index (χ0n) is 9.43. The van der Waals surface area contributed by atoms with Gasteiger partial charge >= 0.3 is 5.97 Å². The van der Waals surface area contributed by atoms with Gasteiger partial charge in [0.15, 0.2) is 0 Å². The second kappa shape index (κ2) is 6.40. The molecule has 1 amide bonds. The van der Waals surface area contributed by atoms with E-state index in [9.17, 15) is 14.7 Å². The molecule has 0 saturated carbocycles. The van der Waals surface area contributed by atoms with Crippen molar-refractivity contribution in [2.24, 2.45) is 0 Å². The largest absolute Gasteiger partial charge is 0.478 e. The lowest BCUT2D eigenvalue weighted by molar-refractivity contribution is -0.167. The first kappa shape index (κ1) is 13.9. The first-order valence-electron chi connectivity index (χ1n) is 5.13. The van der Waals surface area contributed by atoms with Crippen molar-refractivity contribution in [1.29, 1.82) is 0 Å². The summed E-state index contributed by atoms with van der Waals surface area (Å²) in [6.45, 7) is 5.30. The molecular formula is C10H19NO4. The van der Waals surface area contributed by atoms with E-state index in [0.717, 1.165) is 11.3 Å². The topological polar surface area (TPSA) is 77.8 Å². The number of nitrogens with zero attached hydrogens (tertiary/aromatic N) is 1. The van der Waals surface area contributed by atoms with E-state index in [-0.39, 0.29) is 18.4 Å². The predicted octanol–water partition coefficient (Wildman–Crippen LogP) is 0.817. The summed E-state index contributed by atoms with van der Waals surface area (Å²) in [5.74, 6) is -1.71. The molecular weight excluding hydrogens is 198 g/mol. The molecule has 0 aliphatic carbocycles. The lowest BCUT2D eigenvalue weighted by Gasteiger charge is -2.29. The Hall–Kier alpha value is -1.10. The molecule has 1 unspecified atom stereocenters. The monoisotopic (exact) mass is 217 g/mol. The molecule has 0 aromatic carbocycles. The van der Waals surface area contributed by atoms with Crippen LogP contribution in [0.2, 0.25) is 0 Å². The summed E-state index contributed by atoms with van der Waals surface area (Å²) in [4.78, 5) is 23.2. The normalized spacial score (nSPS) is 12.6. The van der Waals surface area contributed by atoms with Crippen molar-refractivity contribution in [2.75, 3.05) is 0 Å². The van der Waals surface area contributed by atoms with Gasteiger partial charge in [-0.1, -0.05) is 13.3 Å². The van der Waals surface area contributed by atoms with Gasteiger partial charge in [0.1, 0.15) is 0 Å². The summed E-state index contributed by atoms with van der Waals surface area (Å²) in [5, 5.41) is 18.0. The molecule has 5 nitrogen and oxygen atoms in total. The minimum atomic E-state index is -1.74. The van der Waals surface area contributed by atoms with Crippen molar-refractivity contribution in [2.45, 2.75) is 52.3 Å². The third-order valence-electron chi connectivity index (χ3n) is 2.07. The van der Waals surface area contributed by atoms with Crippen LogP contribution in [0.5, 0.6) is 0 Å². The third-order valence-corrected chi connectivity index (χ3v) is 2.07. The highest BCUT2D eigenvalue weighted by Crippen LogP contribution is 2.09. The van der Waals surface area contributed by atoms with Crippen molar-refractivity contribution < 1.29 is 19.8 Å². The summed E-state index contributed by atoms with van der Waals surface area (Å²) in [6, 6.07) is -0.319. The number of rotatable bonds is 6. The molecule has 0 heterocycles. The van der Waals surface area contributed by atoms with E-state index in [2.05, 4.69) is 0 Å². The molecule has 0 rings (SSSR count). The molecule has 0 radical (unpaired) electrons. The summed E-state index contributed by atoms with van der Waals surface area (Å²) < 4.78 is 0. The molecule has 0 bridgehead atoms. The van der Waals surface area contributed by atoms with E-state index in [1.165, 1.54) is 0 Å². The molecule has 15 heavy (non-hydrogen) atoms. The Morgan fingerprint density at radius 3 is 2.20 bits per heavy atom. The number of amides is 1. The standard InChI is InChI=1S/C10H19NO4/c1-4-5-6-8(12)11(7(2)3)9(13)10(14)15/h7,9,13H,4-6H2,1-3H3,(H,14,15). The number of aliphatic hydroxyl groups excluding tert-OH is 1. The van der Waals surface area contributed by atoms with Gasteiger partial charge in [-0.3, -0.25) is 4.79 Å². The lowest BCUT2D eigenvalue weighted by atomic mass is 10.2. The van der Waals surface area contributed by atoms with Gasteiger partial charge in [0.05, 0.1) is 0 Å². The summed E-state index contributed by atoms with van der Waals surface area (Å²) >= 11 is 0. The van der Waals surface area contributed by atoms with E-state index in [0.29, 0.717) is 6.42 Å². The quantitative estimate of drug-likeness (QED) is 0.645. The first-order valence-corrected chi connectivity index (χ1v) is 5.13. The molecule has 0 aliphatic heterocycles. The van der Waals surface area contributed by atoms with Crippen LogP contribution < -0.4 is 0 Å². The Labute approximate surface area is 89.7 Å². The maximum absolute atomic E-state index is 11.6. The van der Waals surface area contributed by atoms with Gasteiger partial charge in [-0.15, -0.1) is 0 Å². The average Bonchev–Trinajstić information content (AvgIpc) is 2.14. The number of unbranched alkanes of at least 4 members (excludes halogenated alkanes) is 1. The third kappa shape index (κ3) is 4.29. The minimum Gasteiger partial charge on any atom is -0.478 e. The van der Waals surface area contributed by atoms with Crippen LogP contribution in [0, 0.1) is 0 Å². The Balaban J connectivity index is 4.51. The Morgan fingerprint density at radius 2 is 1.87 bits per heavy atom. The number of carbonyl (C=O) groups excluding carboxylic acids is 1. The van der Waals surface area contributed by atoms with Crippen LogP contribution in [-0.2, 0) is 9.59 Å². The molecule has 88 valence electrons. The highest BCUT2D eigenvalue weighted by Gasteiger charge is 2.28. The SMILES string of the molecule is CCCCC(=O)N(C(C)C)C(O)C(=O)O. The second-order valence-electron chi connectivity index (χ2n) is 3.71. The molecule has 0 aliphatic rings. The fraction of sp³-hybridized carbons (Fsp3) is 0.800. The van der Waals surface area contributed by atoms with Crippen LogP contribution in [0.4, 0.5) is 0 Å². The number of carbonyl (C=O) groups is 2. The second-order valence-corrected chi connectivity index (χ2v) is 3.71. The van der Waals surface area contributed by atoms with Gasteiger partial charge in [0.25, 0.3) is 0 Å². The van der Waals surface area contributed by atoms with Gasteiger partial charge in [-0.2, -0.15) is 0 Å². The fourth-order valence-corrected chi connectivity index (χ4v) is 1.28. The number of aliphatic carboxylic acids is 1. The number of carboxylic acids is 1. The Kier molecular flexibility index (Phi) is 5.93. The van der Waals surface area contributed by atoms with E-state index < -0.39 is 12.2 Å². The van der Waals surface area contributed by atoms with Crippen LogP contribution in [0.15, 0.2) is 0 Å². The Morgan fingerprint density at radius 1 is 1.33 bits per heavy atom. The predicted molar refractivity (Wildman–Crippen MR) is 55.1 cm³/mol. The molecule has 0 saturated heterocycles. The van der Waals surface area contributed by atoms with Gasteiger partial charge in [-0.25, -0.2) is 4.79 Å². The van der Waals surface area contributed by atoms with Crippen LogP contribution >= 0.6 is 0 Å². The highest BCUT2D eigenvalue weighted by atomic mass is 16.4. The number of hydrogen-bond acceptors (Lipinski definition) is 3. The van der Waals surface area contributed by atoms with E-state index in [1.54, 1.807) is 13.8 Å². The summed E-state index contributed by atoms with van der Waals surface area (Å²) in [5.41, 5.74) is 0. The van der Waals surface area contributed by atoms with Gasteiger partial charge in [0, 0.05) is 12.5 Å². The summed E-state index contributed by atoms with van der Waals surface area (Å²) in [6.07, 6.45) is 0.100. The molecule has 5 heteroatoms. The van der Waals surface area contributed by atoms with Crippen molar-refractivity contribution >= 4 is 11.9 Å². The molecule has 2 N–H and O–H groups in total. The van der Waals surface area contributed by atoms with Crippen molar-refractivity contribution in [1.82, 2.24) is 4.90 Å². The Bertz CT molecular complexity index is 227. The van der Waals surface area contributed by atoms with E-state index >= 15 is 0 Å². The van der Waals surface area contributed by atoms with Crippen LogP contribution in [0.3, 0.4) is 0 Å². The molecule has 0 aromatic rings. The lowest BCUT2D eigenvalue weighted by Crippen LogP contribution is -2.48. The first-order chi connectivity index (χ1) is 6.91. The molecule has 0 fully saturated rings. The number of hydrogen-bond donors (Lipinski definition) is 2. The van der Waals surface area contributed by atoms with Crippen molar-refractivity contribution in [3.63, 3.8) is 0 Å². The van der Waals surface area contributed by atoms with Crippen LogP contribution in [-0.4, -0.2) is 39.3 Å². The van der Waals surface area contributed by atoms with Gasteiger partial charge < -0.3 is 15.1 Å². The molecule has 0 aromatic heterocycles. The molecule has 0 spiro atoms. The zero-order valence-corrected chi connectivity index (χ0v) is 9.43. The van der Waals surface area contributed by atoms with E-state index in [1.807, 2.05) is 6.92 Å². The minimum absolute atomic E-state index is 0.277. The van der Waals surface area contributed by atoms with Gasteiger partial charge in [-0.05, 0) is 20.3 Å². The average molecular weight is 217 g/mol. The smallest absolute Gasteiger partial charge is 0.354 e.